The normalized spacial score (nSPS) is 19.5. The molecule has 0 radical (unpaired) electrons. The van der Waals surface area contributed by atoms with Crippen molar-refractivity contribution >= 4 is 5.91 Å². The minimum absolute atomic E-state index is 0.0304. The molecule has 71 heavy (non-hydrogen) atoms. The number of carbonyl (C=O) groups is 1. The van der Waals surface area contributed by atoms with E-state index in [-0.39, 0.29) is 30.5 Å². The number of ether oxygens (including phenoxy) is 4. The van der Waals surface area contributed by atoms with Gasteiger partial charge in [-0.05, 0) is 63.1 Å². The van der Waals surface area contributed by atoms with E-state index in [9.17, 15) is 0 Å². The lowest BCUT2D eigenvalue weighted by Crippen LogP contribution is -2.62. The van der Waals surface area contributed by atoms with Crippen LogP contribution in [0, 0.1) is 16.7 Å². The molecule has 0 spiro atoms. The van der Waals surface area contributed by atoms with Crippen LogP contribution in [0.2, 0.25) is 0 Å². The summed E-state index contributed by atoms with van der Waals surface area (Å²) in [5.74, 6) is 0.0642. The molecule has 366 valence electrons. The number of carbonyl (C=O) groups excluding carboxylic acids is 1. The first kappa shape index (κ1) is 49.8. The van der Waals surface area contributed by atoms with Gasteiger partial charge in [-0.15, -0.1) is 0 Å². The van der Waals surface area contributed by atoms with Crippen LogP contribution >= 0.6 is 0 Å². The van der Waals surface area contributed by atoms with Gasteiger partial charge in [0.05, 0.1) is 44.7 Å². The Kier molecular flexibility index (Phi) is 16.4. The predicted molar refractivity (Wildman–Crippen MR) is 283 cm³/mol. The number of nitrogens with zero attached hydrogens (tertiary/aromatic N) is 2. The van der Waals surface area contributed by atoms with Crippen molar-refractivity contribution in [1.82, 2.24) is 9.80 Å². The molecule has 0 aromatic heterocycles. The molecule has 2 fully saturated rings. The Balaban J connectivity index is 1.12. The van der Waals surface area contributed by atoms with Gasteiger partial charge < -0.3 is 23.8 Å². The van der Waals surface area contributed by atoms with Crippen LogP contribution in [0.1, 0.15) is 72.6 Å². The van der Waals surface area contributed by atoms with Gasteiger partial charge in [0, 0.05) is 31.6 Å². The summed E-state index contributed by atoms with van der Waals surface area (Å²) in [6, 6.07) is 73.5. The molecular weight excluding hydrogens is 877 g/mol. The van der Waals surface area contributed by atoms with E-state index < -0.39 is 29.3 Å². The molecule has 1 heterocycles. The monoisotopic (exact) mass is 947 g/mol. The number of rotatable bonds is 21. The van der Waals surface area contributed by atoms with Gasteiger partial charge in [-0.1, -0.05) is 233 Å². The molecule has 9 rings (SSSR count). The van der Waals surface area contributed by atoms with E-state index >= 15 is 4.79 Å². The minimum Gasteiger partial charge on any atom is -0.376 e. The third-order valence-electron chi connectivity index (χ3n) is 15.0. The van der Waals surface area contributed by atoms with Crippen molar-refractivity contribution in [3.05, 3.63) is 251 Å². The number of hydrogen-bond acceptors (Lipinski definition) is 6. The lowest BCUT2D eigenvalue weighted by Gasteiger charge is -2.50. The summed E-state index contributed by atoms with van der Waals surface area (Å²) < 4.78 is 28.8. The molecule has 1 saturated carbocycles. The van der Waals surface area contributed by atoms with Crippen LogP contribution in [-0.4, -0.2) is 66.8 Å². The van der Waals surface area contributed by atoms with Crippen molar-refractivity contribution in [2.75, 3.05) is 32.8 Å². The lowest BCUT2D eigenvalue weighted by molar-refractivity contribution is -0.211. The van der Waals surface area contributed by atoms with Gasteiger partial charge in [-0.3, -0.25) is 9.69 Å². The second-order valence-corrected chi connectivity index (χ2v) is 20.5. The summed E-state index contributed by atoms with van der Waals surface area (Å²) in [7, 11) is 0. The van der Waals surface area contributed by atoms with Crippen LogP contribution in [0.3, 0.4) is 0 Å². The SMILES string of the molecule is C[C@@H]1CC(C)(C)C[C@@]1(COCc1ccccc1)[C@H](OCc1ccccc1)[C@H](OCc1ccccc1)[C@@H](OCc1ccccc1)C(=O)N1CCN(C(c2ccccc2)(c2ccccc2)c2ccccc2)CC1. The van der Waals surface area contributed by atoms with Gasteiger partial charge in [-0.25, -0.2) is 0 Å². The lowest BCUT2D eigenvalue weighted by atomic mass is 9.70. The zero-order chi connectivity index (χ0) is 48.9. The van der Waals surface area contributed by atoms with E-state index in [2.05, 4.69) is 177 Å². The standard InChI is InChI=1S/C64H70N2O5/c1-50-43-62(2,3)48-63(50,49-68-44-51-25-11-4-12-26-51)60(71-47-54-31-17-7-18-32-54)58(69-45-52-27-13-5-14-28-52)59(70-46-53-29-15-6-16-30-53)61(67)65-39-41-66(42-40-65)64(55-33-19-8-20-34-55,56-35-21-9-22-36-56)57-37-23-10-24-38-57/h4-38,50,58-60H,39-49H2,1-3H3/t50-,58-,59-,60-,63+/m1/s1. The molecular formula is C64H70N2O5. The third-order valence-corrected chi connectivity index (χ3v) is 15.0. The van der Waals surface area contributed by atoms with Crippen LogP contribution < -0.4 is 0 Å². The number of piperazine rings is 1. The summed E-state index contributed by atoms with van der Waals surface area (Å²) in [5.41, 5.74) is 6.51. The van der Waals surface area contributed by atoms with Crippen molar-refractivity contribution in [3.8, 4) is 0 Å². The van der Waals surface area contributed by atoms with Crippen molar-refractivity contribution in [3.63, 3.8) is 0 Å². The smallest absolute Gasteiger partial charge is 0.254 e. The van der Waals surface area contributed by atoms with Crippen molar-refractivity contribution in [1.29, 1.82) is 0 Å². The average Bonchev–Trinajstić information content (AvgIpc) is 3.66. The summed E-state index contributed by atoms with van der Waals surface area (Å²) >= 11 is 0. The average molecular weight is 947 g/mol. The molecule has 1 saturated heterocycles. The summed E-state index contributed by atoms with van der Waals surface area (Å²) in [6.07, 6.45) is -0.654. The fourth-order valence-corrected chi connectivity index (χ4v) is 11.8. The van der Waals surface area contributed by atoms with Gasteiger partial charge in [0.1, 0.15) is 6.10 Å². The molecule has 7 aromatic carbocycles. The third kappa shape index (κ3) is 11.6. The van der Waals surface area contributed by atoms with Crippen LogP contribution in [0.25, 0.3) is 0 Å². The Labute approximate surface area is 422 Å². The Bertz CT molecular complexity index is 2570. The molecule has 7 heteroatoms. The summed E-state index contributed by atoms with van der Waals surface area (Å²) in [4.78, 5) is 20.6. The van der Waals surface area contributed by atoms with E-state index in [1.807, 2.05) is 65.6 Å². The Hall–Kier alpha value is -6.19. The molecule has 0 N–H and O–H groups in total. The topological polar surface area (TPSA) is 60.5 Å². The van der Waals surface area contributed by atoms with Crippen LogP contribution in [0.4, 0.5) is 0 Å². The first-order chi connectivity index (χ1) is 34.7. The van der Waals surface area contributed by atoms with Gasteiger partial charge in [-0.2, -0.15) is 0 Å². The quantitative estimate of drug-likeness (QED) is 0.0669. The molecule has 7 nitrogen and oxygen atoms in total. The molecule has 0 unspecified atom stereocenters. The molecule has 5 atom stereocenters. The van der Waals surface area contributed by atoms with Gasteiger partial charge in [0.25, 0.3) is 5.91 Å². The highest BCUT2D eigenvalue weighted by molar-refractivity contribution is 5.82. The van der Waals surface area contributed by atoms with E-state index in [4.69, 9.17) is 18.9 Å². The molecule has 1 aliphatic heterocycles. The van der Waals surface area contributed by atoms with Gasteiger partial charge >= 0.3 is 0 Å². The molecule has 7 aromatic rings. The maximum Gasteiger partial charge on any atom is 0.254 e. The highest BCUT2D eigenvalue weighted by Crippen LogP contribution is 2.57. The Morgan fingerprint density at radius 2 is 0.901 bits per heavy atom. The maximum atomic E-state index is 16.1. The van der Waals surface area contributed by atoms with E-state index in [0.717, 1.165) is 35.1 Å². The number of hydrogen-bond donors (Lipinski definition) is 0. The maximum absolute atomic E-state index is 16.1. The highest BCUT2D eigenvalue weighted by atomic mass is 16.6. The zero-order valence-electron chi connectivity index (χ0n) is 41.7. The largest absolute Gasteiger partial charge is 0.376 e. The minimum atomic E-state index is -1.02. The highest BCUT2D eigenvalue weighted by Gasteiger charge is 2.58. The molecule has 1 aliphatic carbocycles. The second-order valence-electron chi connectivity index (χ2n) is 20.5. The first-order valence-corrected chi connectivity index (χ1v) is 25.5. The first-order valence-electron chi connectivity index (χ1n) is 25.5. The van der Waals surface area contributed by atoms with E-state index in [1.54, 1.807) is 0 Å². The number of benzene rings is 7. The van der Waals surface area contributed by atoms with E-state index in [0.29, 0.717) is 46.0 Å². The van der Waals surface area contributed by atoms with Crippen molar-refractivity contribution < 1.29 is 23.7 Å². The van der Waals surface area contributed by atoms with Crippen LogP contribution in [0.5, 0.6) is 0 Å². The fourth-order valence-electron chi connectivity index (χ4n) is 11.8. The number of amides is 1. The van der Waals surface area contributed by atoms with Crippen molar-refractivity contribution in [2.24, 2.45) is 16.7 Å². The summed E-state index contributed by atoms with van der Waals surface area (Å²) in [5, 5.41) is 0. The van der Waals surface area contributed by atoms with Gasteiger partial charge in [0.15, 0.2) is 6.10 Å². The van der Waals surface area contributed by atoms with Crippen LogP contribution in [-0.2, 0) is 55.7 Å². The second kappa shape index (κ2) is 23.4. The Morgan fingerprint density at radius 1 is 0.521 bits per heavy atom. The zero-order valence-corrected chi connectivity index (χ0v) is 41.7. The predicted octanol–water partition coefficient (Wildman–Crippen LogP) is 12.5. The Morgan fingerprint density at radius 3 is 1.31 bits per heavy atom. The fraction of sp³-hybridized carbons (Fsp3) is 0.328. The van der Waals surface area contributed by atoms with Gasteiger partial charge in [0.2, 0.25) is 0 Å². The van der Waals surface area contributed by atoms with Crippen molar-refractivity contribution in [2.45, 2.75) is 83.9 Å². The van der Waals surface area contributed by atoms with E-state index in [1.165, 1.54) is 16.7 Å². The summed E-state index contributed by atoms with van der Waals surface area (Å²) in [6.45, 7) is 11.0. The molecule has 0 bridgehead atoms. The molecule has 1 amide bonds. The van der Waals surface area contributed by atoms with Crippen LogP contribution in [0.15, 0.2) is 212 Å². The molecule has 2 aliphatic rings.